The first-order chi connectivity index (χ1) is 6.32. The normalized spacial score (nSPS) is 11.4. The third kappa shape index (κ3) is 2.22. The van der Waals surface area contributed by atoms with Gasteiger partial charge in [-0.2, -0.15) is 13.2 Å². The fourth-order valence-electron chi connectivity index (χ4n) is 0.861. The van der Waals surface area contributed by atoms with Crippen molar-refractivity contribution in [3.05, 3.63) is 28.0 Å². The van der Waals surface area contributed by atoms with Crippen molar-refractivity contribution in [1.82, 2.24) is 4.98 Å². The summed E-state index contributed by atoms with van der Waals surface area (Å²) in [4.78, 5) is 14.1. The Kier molecular flexibility index (Phi) is 2.79. The fraction of sp³-hybridized carbons (Fsp3) is 0.143. The highest BCUT2D eigenvalue weighted by Crippen LogP contribution is 2.32. The van der Waals surface area contributed by atoms with Crippen LogP contribution in [0.2, 0.25) is 0 Å². The number of pyridine rings is 1. The van der Waals surface area contributed by atoms with Crippen LogP contribution in [-0.2, 0) is 6.18 Å². The van der Waals surface area contributed by atoms with Crippen molar-refractivity contribution in [3.63, 3.8) is 0 Å². The molecule has 0 fully saturated rings. The third-order valence-electron chi connectivity index (χ3n) is 1.44. The molecule has 76 valence electrons. The van der Waals surface area contributed by atoms with Gasteiger partial charge in [0.2, 0.25) is 0 Å². The van der Waals surface area contributed by atoms with Crippen LogP contribution in [0.5, 0.6) is 0 Å². The summed E-state index contributed by atoms with van der Waals surface area (Å²) in [5, 5.41) is 0. The molecule has 0 aliphatic carbocycles. The summed E-state index contributed by atoms with van der Waals surface area (Å²) in [7, 11) is 0. The summed E-state index contributed by atoms with van der Waals surface area (Å²) < 4.78 is 37.0. The number of amides is 1. The zero-order valence-electron chi connectivity index (χ0n) is 6.60. The summed E-state index contributed by atoms with van der Waals surface area (Å²) in [6.45, 7) is 0. The van der Waals surface area contributed by atoms with Crippen molar-refractivity contribution in [2.45, 2.75) is 6.18 Å². The molecule has 1 rings (SSSR count). The number of nitrogens with zero attached hydrogens (tertiary/aromatic N) is 1. The molecule has 1 heterocycles. The number of carbonyl (C=O) groups excluding carboxylic acids is 1. The molecule has 0 atom stereocenters. The molecule has 0 aromatic carbocycles. The van der Waals surface area contributed by atoms with Gasteiger partial charge >= 0.3 is 6.18 Å². The average molecular weight is 269 g/mol. The van der Waals surface area contributed by atoms with Gasteiger partial charge in [-0.15, -0.1) is 0 Å². The Morgan fingerprint density at radius 3 is 2.50 bits per heavy atom. The van der Waals surface area contributed by atoms with E-state index in [1.165, 1.54) is 0 Å². The Morgan fingerprint density at radius 2 is 2.07 bits per heavy atom. The lowest BCUT2D eigenvalue weighted by Gasteiger charge is -2.09. The number of primary amides is 1. The van der Waals surface area contributed by atoms with E-state index in [0.29, 0.717) is 6.07 Å². The monoisotopic (exact) mass is 268 g/mol. The zero-order valence-corrected chi connectivity index (χ0v) is 8.19. The molecule has 1 amide bonds. The first-order valence-electron chi connectivity index (χ1n) is 3.35. The van der Waals surface area contributed by atoms with E-state index in [4.69, 9.17) is 5.73 Å². The molecule has 0 spiro atoms. The predicted octanol–water partition coefficient (Wildman–Crippen LogP) is 1.96. The van der Waals surface area contributed by atoms with Crippen LogP contribution in [0.3, 0.4) is 0 Å². The lowest BCUT2D eigenvalue weighted by atomic mass is 10.1. The summed E-state index contributed by atoms with van der Waals surface area (Å²) in [5.74, 6) is -1.16. The van der Waals surface area contributed by atoms with Crippen molar-refractivity contribution < 1.29 is 18.0 Å². The van der Waals surface area contributed by atoms with Gasteiger partial charge < -0.3 is 5.73 Å². The Bertz CT molecular complexity index is 378. The Hall–Kier alpha value is -1.11. The van der Waals surface area contributed by atoms with E-state index in [1.54, 1.807) is 0 Å². The highest BCUT2D eigenvalue weighted by molar-refractivity contribution is 9.10. The molecule has 0 aliphatic heterocycles. The standard InChI is InChI=1S/C7H4BrF3N2O/c8-5-1-4(7(9,10)11)3(2-13-5)6(12)14/h1-2H,(H2,12,14). The number of nitrogens with two attached hydrogens (primary N) is 1. The first kappa shape index (κ1) is 11.0. The van der Waals surface area contributed by atoms with Crippen LogP contribution in [0, 0.1) is 0 Å². The Labute approximate surface area is 85.2 Å². The van der Waals surface area contributed by atoms with Crippen LogP contribution in [0.15, 0.2) is 16.9 Å². The molecular formula is C7H4BrF3N2O. The zero-order chi connectivity index (χ0) is 10.9. The van der Waals surface area contributed by atoms with Crippen molar-refractivity contribution in [2.24, 2.45) is 5.73 Å². The van der Waals surface area contributed by atoms with Crippen LogP contribution >= 0.6 is 15.9 Å². The molecule has 1 aromatic heterocycles. The van der Waals surface area contributed by atoms with E-state index in [9.17, 15) is 18.0 Å². The Morgan fingerprint density at radius 1 is 1.50 bits per heavy atom. The van der Waals surface area contributed by atoms with Crippen molar-refractivity contribution in [1.29, 1.82) is 0 Å². The van der Waals surface area contributed by atoms with Crippen LogP contribution in [-0.4, -0.2) is 10.9 Å². The fourth-order valence-corrected chi connectivity index (χ4v) is 1.19. The van der Waals surface area contributed by atoms with E-state index >= 15 is 0 Å². The molecule has 14 heavy (non-hydrogen) atoms. The maximum atomic E-state index is 12.3. The minimum Gasteiger partial charge on any atom is -0.366 e. The topological polar surface area (TPSA) is 56.0 Å². The number of alkyl halides is 3. The number of hydrogen-bond acceptors (Lipinski definition) is 2. The second kappa shape index (κ2) is 3.56. The van der Waals surface area contributed by atoms with E-state index < -0.39 is 23.2 Å². The van der Waals surface area contributed by atoms with E-state index in [0.717, 1.165) is 6.20 Å². The maximum Gasteiger partial charge on any atom is 0.417 e. The Balaban J connectivity index is 3.38. The van der Waals surface area contributed by atoms with Crippen LogP contribution in [0.4, 0.5) is 13.2 Å². The van der Waals surface area contributed by atoms with Crippen LogP contribution in [0.25, 0.3) is 0 Å². The van der Waals surface area contributed by atoms with Crippen LogP contribution in [0.1, 0.15) is 15.9 Å². The average Bonchev–Trinajstić information content (AvgIpc) is 2.01. The number of halogens is 4. The molecule has 0 saturated heterocycles. The highest BCUT2D eigenvalue weighted by atomic mass is 79.9. The molecule has 0 aliphatic rings. The summed E-state index contributed by atoms with van der Waals surface area (Å²) in [6.07, 6.45) is -3.83. The van der Waals surface area contributed by atoms with Crippen LogP contribution < -0.4 is 5.73 Å². The number of aromatic nitrogens is 1. The molecule has 0 unspecified atom stereocenters. The quantitative estimate of drug-likeness (QED) is 0.792. The molecule has 1 aromatic rings. The minimum atomic E-state index is -4.62. The lowest BCUT2D eigenvalue weighted by molar-refractivity contribution is -0.138. The third-order valence-corrected chi connectivity index (χ3v) is 1.88. The van der Waals surface area contributed by atoms with Gasteiger partial charge in [-0.25, -0.2) is 4.98 Å². The molecule has 0 bridgehead atoms. The predicted molar refractivity (Wildman–Crippen MR) is 45.5 cm³/mol. The second-order valence-electron chi connectivity index (χ2n) is 2.41. The van der Waals surface area contributed by atoms with Crippen molar-refractivity contribution >= 4 is 21.8 Å². The number of rotatable bonds is 1. The summed E-state index contributed by atoms with van der Waals surface area (Å²) in [5.41, 5.74) is 3.04. The summed E-state index contributed by atoms with van der Waals surface area (Å²) >= 11 is 2.77. The second-order valence-corrected chi connectivity index (χ2v) is 3.23. The number of carbonyl (C=O) groups is 1. The number of hydrogen-bond donors (Lipinski definition) is 1. The molecule has 7 heteroatoms. The van der Waals surface area contributed by atoms with Gasteiger partial charge in [0.25, 0.3) is 5.91 Å². The van der Waals surface area contributed by atoms with Gasteiger partial charge in [0.15, 0.2) is 0 Å². The van der Waals surface area contributed by atoms with Gasteiger partial charge in [0, 0.05) is 6.20 Å². The maximum absolute atomic E-state index is 12.3. The largest absolute Gasteiger partial charge is 0.417 e. The molecule has 3 nitrogen and oxygen atoms in total. The smallest absolute Gasteiger partial charge is 0.366 e. The van der Waals surface area contributed by atoms with Gasteiger partial charge in [-0.3, -0.25) is 4.79 Å². The van der Waals surface area contributed by atoms with Gasteiger partial charge in [-0.1, -0.05) is 0 Å². The van der Waals surface area contributed by atoms with Crippen molar-refractivity contribution in [2.75, 3.05) is 0 Å². The first-order valence-corrected chi connectivity index (χ1v) is 4.14. The SMILES string of the molecule is NC(=O)c1cnc(Br)cc1C(F)(F)F. The van der Waals surface area contributed by atoms with Gasteiger partial charge in [-0.05, 0) is 22.0 Å². The van der Waals surface area contributed by atoms with Gasteiger partial charge in [0.05, 0.1) is 11.1 Å². The van der Waals surface area contributed by atoms with Crippen molar-refractivity contribution in [3.8, 4) is 0 Å². The van der Waals surface area contributed by atoms with Gasteiger partial charge in [0.1, 0.15) is 4.60 Å². The minimum absolute atomic E-state index is 0.00479. The molecule has 2 N–H and O–H groups in total. The highest BCUT2D eigenvalue weighted by Gasteiger charge is 2.35. The lowest BCUT2D eigenvalue weighted by Crippen LogP contribution is -2.19. The molecular weight excluding hydrogens is 265 g/mol. The van der Waals surface area contributed by atoms with E-state index in [-0.39, 0.29) is 4.60 Å². The molecule has 0 radical (unpaired) electrons. The molecule has 0 saturated carbocycles. The summed E-state index contributed by atoms with van der Waals surface area (Å²) in [6, 6.07) is 0.708. The van der Waals surface area contributed by atoms with E-state index in [1.807, 2.05) is 0 Å². The van der Waals surface area contributed by atoms with E-state index in [2.05, 4.69) is 20.9 Å².